The van der Waals surface area contributed by atoms with E-state index in [9.17, 15) is 4.79 Å². The smallest absolute Gasteiger partial charge is 0.231 e. The van der Waals surface area contributed by atoms with Gasteiger partial charge in [-0.1, -0.05) is 0 Å². The Labute approximate surface area is 163 Å². The average molecular weight is 384 g/mol. The van der Waals surface area contributed by atoms with Crippen LogP contribution in [0.2, 0.25) is 0 Å². The molecular formula is C20H25N5OS. The number of hydrogen-bond donors (Lipinski definition) is 1. The van der Waals surface area contributed by atoms with Gasteiger partial charge in [-0.25, -0.2) is 4.98 Å². The lowest BCUT2D eigenvalue weighted by Crippen LogP contribution is -2.41. The monoisotopic (exact) mass is 383 g/mol. The van der Waals surface area contributed by atoms with E-state index >= 15 is 0 Å². The van der Waals surface area contributed by atoms with Gasteiger partial charge in [-0.2, -0.15) is 5.10 Å². The molecule has 2 aromatic heterocycles. The van der Waals surface area contributed by atoms with Crippen molar-refractivity contribution in [2.75, 3.05) is 23.3 Å². The zero-order valence-electron chi connectivity index (χ0n) is 15.5. The summed E-state index contributed by atoms with van der Waals surface area (Å²) >= 11 is 1.66. The van der Waals surface area contributed by atoms with Crippen molar-refractivity contribution in [2.24, 2.45) is 5.92 Å². The number of carbonyl (C=O) groups is 1. The van der Waals surface area contributed by atoms with Crippen LogP contribution in [-0.2, 0) is 17.6 Å². The molecule has 142 valence electrons. The topological polar surface area (TPSA) is 71.0 Å². The normalized spacial score (nSPS) is 22.4. The molecule has 1 saturated heterocycles. The summed E-state index contributed by atoms with van der Waals surface area (Å²) in [7, 11) is 0. The molecule has 27 heavy (non-hydrogen) atoms. The summed E-state index contributed by atoms with van der Waals surface area (Å²) < 4.78 is 0. The minimum Gasteiger partial charge on any atom is -0.354 e. The Kier molecular flexibility index (Phi) is 4.55. The number of amides is 1. The molecule has 1 aliphatic heterocycles. The summed E-state index contributed by atoms with van der Waals surface area (Å²) in [5, 5.41) is 12.7. The highest BCUT2D eigenvalue weighted by Crippen LogP contribution is 2.39. The fourth-order valence-corrected chi connectivity index (χ4v) is 5.17. The molecule has 5 rings (SSSR count). The van der Waals surface area contributed by atoms with Gasteiger partial charge in [0.25, 0.3) is 0 Å². The Balaban J connectivity index is 1.23. The van der Waals surface area contributed by atoms with Crippen molar-refractivity contribution in [3.05, 3.63) is 28.4 Å². The lowest BCUT2D eigenvalue weighted by atomic mass is 9.97. The number of nitrogens with zero attached hydrogens (tertiary/aromatic N) is 4. The summed E-state index contributed by atoms with van der Waals surface area (Å²) in [5.41, 5.74) is 2.30. The van der Waals surface area contributed by atoms with Gasteiger partial charge >= 0.3 is 0 Å². The molecule has 3 heterocycles. The van der Waals surface area contributed by atoms with Gasteiger partial charge in [-0.15, -0.1) is 16.4 Å². The number of anilines is 2. The number of piperidine rings is 1. The lowest BCUT2D eigenvalue weighted by molar-refractivity contribution is -0.120. The number of aryl methyl sites for hydroxylation is 2. The zero-order chi connectivity index (χ0) is 18.2. The van der Waals surface area contributed by atoms with E-state index in [1.807, 2.05) is 0 Å². The standard InChI is InChI=1S/C20H25N5OS/c26-19(22-20-21-16-5-1-2-6-17(16)27-20)14-4-3-11-25(12-14)18-10-9-15(23-24-18)13-7-8-13/h9-10,13-14H,1-8,11-12H2,(H,21,22,26). The molecule has 1 N–H and O–H groups in total. The second kappa shape index (κ2) is 7.19. The number of hydrogen-bond acceptors (Lipinski definition) is 6. The predicted molar refractivity (Wildman–Crippen MR) is 106 cm³/mol. The summed E-state index contributed by atoms with van der Waals surface area (Å²) in [6.07, 6.45) is 8.99. The van der Waals surface area contributed by atoms with Gasteiger partial charge in [-0.3, -0.25) is 4.79 Å². The first-order chi connectivity index (χ1) is 13.3. The van der Waals surface area contributed by atoms with E-state index in [1.54, 1.807) is 11.3 Å². The van der Waals surface area contributed by atoms with Gasteiger partial charge < -0.3 is 10.2 Å². The van der Waals surface area contributed by atoms with Crippen LogP contribution in [-0.4, -0.2) is 34.2 Å². The maximum atomic E-state index is 12.8. The number of fused-ring (bicyclic) bond motifs is 1. The third-order valence-electron chi connectivity index (χ3n) is 5.86. The predicted octanol–water partition coefficient (Wildman–Crippen LogP) is 3.54. The number of nitrogens with one attached hydrogen (secondary N) is 1. The molecule has 0 spiro atoms. The van der Waals surface area contributed by atoms with E-state index < -0.39 is 0 Å². The van der Waals surface area contributed by atoms with Crippen LogP contribution in [0.5, 0.6) is 0 Å². The van der Waals surface area contributed by atoms with Crippen LogP contribution in [0.3, 0.4) is 0 Å². The third kappa shape index (κ3) is 3.70. The molecule has 0 radical (unpaired) electrons. The molecular weight excluding hydrogens is 358 g/mol. The molecule has 7 heteroatoms. The first-order valence-electron chi connectivity index (χ1n) is 10.1. The van der Waals surface area contributed by atoms with Gasteiger partial charge in [-0.05, 0) is 63.5 Å². The van der Waals surface area contributed by atoms with E-state index in [2.05, 4.69) is 37.5 Å². The minimum atomic E-state index is -0.0235. The van der Waals surface area contributed by atoms with E-state index in [0.29, 0.717) is 12.5 Å². The van der Waals surface area contributed by atoms with Crippen molar-refractivity contribution < 1.29 is 4.79 Å². The fraction of sp³-hybridized carbons (Fsp3) is 0.600. The van der Waals surface area contributed by atoms with E-state index in [0.717, 1.165) is 48.9 Å². The molecule has 2 aliphatic carbocycles. The Morgan fingerprint density at radius 2 is 2.00 bits per heavy atom. The molecule has 1 amide bonds. The van der Waals surface area contributed by atoms with Crippen molar-refractivity contribution in [2.45, 2.75) is 57.3 Å². The number of carbonyl (C=O) groups excluding carboxylic acids is 1. The van der Waals surface area contributed by atoms with Crippen LogP contribution in [0.25, 0.3) is 0 Å². The Morgan fingerprint density at radius 1 is 1.11 bits per heavy atom. The lowest BCUT2D eigenvalue weighted by Gasteiger charge is -2.32. The molecule has 0 aromatic carbocycles. The molecule has 3 aliphatic rings. The van der Waals surface area contributed by atoms with Crippen LogP contribution in [0.1, 0.15) is 60.7 Å². The fourth-order valence-electron chi connectivity index (χ4n) is 4.11. The Bertz CT molecular complexity index is 806. The molecule has 2 aromatic rings. The van der Waals surface area contributed by atoms with Crippen LogP contribution in [0, 0.1) is 5.92 Å². The quantitative estimate of drug-likeness (QED) is 0.874. The van der Waals surface area contributed by atoms with Gasteiger partial charge in [0, 0.05) is 23.9 Å². The SMILES string of the molecule is O=C(Nc1nc2c(s1)CCCC2)C1CCCN(c2ccc(C3CC3)nn2)C1. The summed E-state index contributed by atoms with van der Waals surface area (Å²) in [6.45, 7) is 1.64. The zero-order valence-corrected chi connectivity index (χ0v) is 16.3. The highest BCUT2D eigenvalue weighted by atomic mass is 32.1. The average Bonchev–Trinajstić information content (AvgIpc) is 3.48. The molecule has 2 fully saturated rings. The first kappa shape index (κ1) is 17.1. The van der Waals surface area contributed by atoms with Gasteiger partial charge in [0.05, 0.1) is 17.3 Å². The molecule has 0 bridgehead atoms. The largest absolute Gasteiger partial charge is 0.354 e. The Morgan fingerprint density at radius 3 is 2.78 bits per heavy atom. The first-order valence-corrected chi connectivity index (χ1v) is 11.0. The van der Waals surface area contributed by atoms with Crippen LogP contribution < -0.4 is 10.2 Å². The van der Waals surface area contributed by atoms with Crippen molar-refractivity contribution in [1.82, 2.24) is 15.2 Å². The highest BCUT2D eigenvalue weighted by molar-refractivity contribution is 7.15. The maximum absolute atomic E-state index is 12.8. The number of rotatable bonds is 4. The second-order valence-corrected chi connectivity index (χ2v) is 9.04. The van der Waals surface area contributed by atoms with Gasteiger partial charge in [0.15, 0.2) is 10.9 Å². The molecule has 1 atom stereocenters. The van der Waals surface area contributed by atoms with E-state index in [1.165, 1.54) is 36.3 Å². The van der Waals surface area contributed by atoms with Crippen molar-refractivity contribution in [1.29, 1.82) is 0 Å². The third-order valence-corrected chi connectivity index (χ3v) is 6.93. The van der Waals surface area contributed by atoms with Crippen molar-refractivity contribution in [3.63, 3.8) is 0 Å². The number of thiazole rings is 1. The number of aromatic nitrogens is 3. The van der Waals surface area contributed by atoms with Crippen molar-refractivity contribution >= 4 is 28.2 Å². The molecule has 6 nitrogen and oxygen atoms in total. The maximum Gasteiger partial charge on any atom is 0.231 e. The highest BCUT2D eigenvalue weighted by Gasteiger charge is 2.29. The van der Waals surface area contributed by atoms with Gasteiger partial charge in [0.1, 0.15) is 0 Å². The van der Waals surface area contributed by atoms with Crippen molar-refractivity contribution in [3.8, 4) is 0 Å². The molecule has 1 saturated carbocycles. The summed E-state index contributed by atoms with van der Waals surface area (Å²) in [5.74, 6) is 1.58. The van der Waals surface area contributed by atoms with Gasteiger partial charge in [0.2, 0.25) is 5.91 Å². The Hall–Kier alpha value is -2.02. The minimum absolute atomic E-state index is 0.0235. The summed E-state index contributed by atoms with van der Waals surface area (Å²) in [4.78, 5) is 21.0. The summed E-state index contributed by atoms with van der Waals surface area (Å²) in [6, 6.07) is 4.17. The van der Waals surface area contributed by atoms with Crippen LogP contribution >= 0.6 is 11.3 Å². The van der Waals surface area contributed by atoms with Crippen LogP contribution in [0.15, 0.2) is 12.1 Å². The molecule has 1 unspecified atom stereocenters. The second-order valence-electron chi connectivity index (χ2n) is 7.96. The van der Waals surface area contributed by atoms with E-state index in [-0.39, 0.29) is 11.8 Å². The van der Waals surface area contributed by atoms with Crippen LogP contribution in [0.4, 0.5) is 10.9 Å². The van der Waals surface area contributed by atoms with E-state index in [4.69, 9.17) is 0 Å².